The zero-order valence-electron chi connectivity index (χ0n) is 22.3. The van der Waals surface area contributed by atoms with Gasteiger partial charge in [-0.05, 0) is 73.9 Å². The molecule has 39 heavy (non-hydrogen) atoms. The largest absolute Gasteiger partial charge is 0.497 e. The normalized spacial score (nSPS) is 13.0. The Kier molecular flexibility index (Phi) is 7.84. The molecule has 0 aliphatic carbocycles. The number of esters is 1. The Morgan fingerprint density at radius 3 is 2.46 bits per heavy atom. The topological polar surface area (TPSA) is 87.4 Å². The van der Waals surface area contributed by atoms with Crippen LogP contribution in [0.3, 0.4) is 0 Å². The molecule has 202 valence electrons. The average molecular weight is 530 g/mol. The molecule has 0 fully saturated rings. The highest BCUT2D eigenvalue weighted by atomic mass is 16.5. The van der Waals surface area contributed by atoms with Crippen LogP contribution in [0.5, 0.6) is 23.0 Å². The standard InChI is InChI=1S/C31H31NO7/c1-4-17-36-31(34)22-7-11-24(12-8-22)39-29-20(2)38-30-25(28(29)33)13-14-27-26(30)18-32(19-37-27)16-15-21-5-9-23(35-3)10-6-21/h5-14H,4,15-19H2,1-3H3. The van der Waals surface area contributed by atoms with Gasteiger partial charge >= 0.3 is 5.97 Å². The molecule has 0 spiro atoms. The van der Waals surface area contributed by atoms with Crippen LogP contribution in [0, 0.1) is 6.92 Å². The summed E-state index contributed by atoms with van der Waals surface area (Å²) in [5.41, 5.74) is 2.70. The summed E-state index contributed by atoms with van der Waals surface area (Å²) in [6, 6.07) is 18.0. The van der Waals surface area contributed by atoms with Gasteiger partial charge in [0, 0.05) is 13.1 Å². The van der Waals surface area contributed by atoms with Gasteiger partial charge in [0.2, 0.25) is 11.2 Å². The lowest BCUT2D eigenvalue weighted by Gasteiger charge is -2.29. The zero-order valence-corrected chi connectivity index (χ0v) is 22.3. The highest BCUT2D eigenvalue weighted by Crippen LogP contribution is 2.34. The monoisotopic (exact) mass is 529 g/mol. The van der Waals surface area contributed by atoms with Gasteiger partial charge in [-0.3, -0.25) is 9.69 Å². The van der Waals surface area contributed by atoms with Gasteiger partial charge in [-0.2, -0.15) is 0 Å². The smallest absolute Gasteiger partial charge is 0.338 e. The minimum absolute atomic E-state index is 0.108. The second-order valence-electron chi connectivity index (χ2n) is 9.42. The van der Waals surface area contributed by atoms with E-state index in [1.165, 1.54) is 5.56 Å². The van der Waals surface area contributed by atoms with Crippen molar-refractivity contribution in [3.8, 4) is 23.0 Å². The summed E-state index contributed by atoms with van der Waals surface area (Å²) in [7, 11) is 1.66. The molecule has 0 saturated carbocycles. The molecule has 0 unspecified atom stereocenters. The number of carbonyl (C=O) groups is 1. The lowest BCUT2D eigenvalue weighted by Crippen LogP contribution is -2.33. The van der Waals surface area contributed by atoms with E-state index >= 15 is 0 Å². The van der Waals surface area contributed by atoms with Crippen LogP contribution in [-0.4, -0.2) is 37.9 Å². The maximum atomic E-state index is 13.5. The number of fused-ring (bicyclic) bond motifs is 3. The Labute approximate surface area is 226 Å². The van der Waals surface area contributed by atoms with E-state index < -0.39 is 5.97 Å². The second-order valence-corrected chi connectivity index (χ2v) is 9.42. The average Bonchev–Trinajstić information content (AvgIpc) is 2.97. The molecular formula is C31H31NO7. The number of hydrogen-bond acceptors (Lipinski definition) is 8. The van der Waals surface area contributed by atoms with Crippen molar-refractivity contribution in [1.29, 1.82) is 0 Å². The first-order valence-corrected chi connectivity index (χ1v) is 13.0. The molecule has 2 heterocycles. The quantitative estimate of drug-likeness (QED) is 0.249. The summed E-state index contributed by atoms with van der Waals surface area (Å²) >= 11 is 0. The summed E-state index contributed by atoms with van der Waals surface area (Å²) in [5, 5.41) is 0.426. The summed E-state index contributed by atoms with van der Waals surface area (Å²) in [6.45, 7) is 5.85. The third kappa shape index (κ3) is 5.76. The molecule has 0 amide bonds. The minimum Gasteiger partial charge on any atom is -0.497 e. The molecule has 3 aromatic carbocycles. The third-order valence-corrected chi connectivity index (χ3v) is 6.65. The number of rotatable bonds is 9. The van der Waals surface area contributed by atoms with Crippen LogP contribution in [0.1, 0.15) is 40.6 Å². The third-order valence-electron chi connectivity index (χ3n) is 6.65. The van der Waals surface area contributed by atoms with E-state index in [1.54, 1.807) is 44.4 Å². The van der Waals surface area contributed by atoms with Crippen LogP contribution in [0.2, 0.25) is 0 Å². The van der Waals surface area contributed by atoms with Crippen molar-refractivity contribution in [3.05, 3.63) is 93.3 Å². The summed E-state index contributed by atoms with van der Waals surface area (Å²) in [4.78, 5) is 27.7. The predicted molar refractivity (Wildman–Crippen MR) is 147 cm³/mol. The van der Waals surface area contributed by atoms with E-state index in [0.29, 0.717) is 53.7 Å². The van der Waals surface area contributed by atoms with Crippen LogP contribution in [0.15, 0.2) is 69.9 Å². The van der Waals surface area contributed by atoms with Crippen molar-refractivity contribution in [3.63, 3.8) is 0 Å². The second kappa shape index (κ2) is 11.6. The van der Waals surface area contributed by atoms with Crippen LogP contribution in [0.25, 0.3) is 11.0 Å². The van der Waals surface area contributed by atoms with E-state index in [1.807, 2.05) is 25.1 Å². The molecule has 0 radical (unpaired) electrons. The number of nitrogens with zero attached hydrogens (tertiary/aromatic N) is 1. The van der Waals surface area contributed by atoms with E-state index in [9.17, 15) is 9.59 Å². The van der Waals surface area contributed by atoms with Gasteiger partial charge in [0.05, 0.1) is 30.2 Å². The Balaban J connectivity index is 1.34. The summed E-state index contributed by atoms with van der Waals surface area (Å²) in [6.07, 6.45) is 1.60. The van der Waals surface area contributed by atoms with Crippen LogP contribution in [0.4, 0.5) is 0 Å². The molecule has 8 nitrogen and oxygen atoms in total. The number of ether oxygens (including phenoxy) is 4. The molecule has 4 aromatic rings. The van der Waals surface area contributed by atoms with Crippen molar-refractivity contribution in [1.82, 2.24) is 4.90 Å². The van der Waals surface area contributed by atoms with Crippen LogP contribution < -0.4 is 19.6 Å². The fourth-order valence-corrected chi connectivity index (χ4v) is 4.50. The van der Waals surface area contributed by atoms with Crippen LogP contribution in [-0.2, 0) is 17.7 Å². The number of benzene rings is 3. The van der Waals surface area contributed by atoms with Crippen molar-refractivity contribution < 1.29 is 28.2 Å². The molecule has 1 aliphatic rings. The number of aryl methyl sites for hydroxylation is 1. The fraction of sp³-hybridized carbons (Fsp3) is 0.290. The van der Waals surface area contributed by atoms with E-state index in [4.69, 9.17) is 23.4 Å². The predicted octanol–water partition coefficient (Wildman–Crippen LogP) is 5.86. The summed E-state index contributed by atoms with van der Waals surface area (Å²) in [5.74, 6) is 2.04. The van der Waals surface area contributed by atoms with Crippen molar-refractivity contribution >= 4 is 16.9 Å². The first kappa shape index (κ1) is 26.3. The molecule has 8 heteroatoms. The van der Waals surface area contributed by atoms with Crippen molar-refractivity contribution in [2.45, 2.75) is 33.2 Å². The molecule has 0 bridgehead atoms. The molecule has 0 N–H and O–H groups in total. The van der Waals surface area contributed by atoms with E-state index in [0.717, 1.165) is 30.7 Å². The maximum absolute atomic E-state index is 13.5. The first-order valence-electron chi connectivity index (χ1n) is 13.0. The van der Waals surface area contributed by atoms with Crippen LogP contribution >= 0.6 is 0 Å². The molecule has 0 atom stereocenters. The Morgan fingerprint density at radius 1 is 1.00 bits per heavy atom. The first-order chi connectivity index (χ1) is 19.0. The number of carbonyl (C=O) groups excluding carboxylic acids is 1. The highest BCUT2D eigenvalue weighted by Gasteiger charge is 2.24. The Hall–Kier alpha value is -4.30. The zero-order chi connectivity index (χ0) is 27.4. The number of hydrogen-bond donors (Lipinski definition) is 0. The lowest BCUT2D eigenvalue weighted by atomic mass is 10.1. The number of methoxy groups -OCH3 is 1. The fourth-order valence-electron chi connectivity index (χ4n) is 4.50. The van der Waals surface area contributed by atoms with Gasteiger partial charge in [0.1, 0.15) is 35.3 Å². The maximum Gasteiger partial charge on any atom is 0.338 e. The van der Waals surface area contributed by atoms with Crippen molar-refractivity contribution in [2.24, 2.45) is 0 Å². The molecule has 5 rings (SSSR count). The van der Waals surface area contributed by atoms with Gasteiger partial charge in [0.25, 0.3) is 0 Å². The van der Waals surface area contributed by atoms with Crippen molar-refractivity contribution in [2.75, 3.05) is 27.0 Å². The Morgan fingerprint density at radius 2 is 1.74 bits per heavy atom. The lowest BCUT2D eigenvalue weighted by molar-refractivity contribution is 0.0505. The van der Waals surface area contributed by atoms with E-state index in [-0.39, 0.29) is 11.2 Å². The van der Waals surface area contributed by atoms with Gasteiger partial charge in [0.15, 0.2) is 0 Å². The Bertz CT molecular complexity index is 1520. The van der Waals surface area contributed by atoms with Gasteiger partial charge in [-0.25, -0.2) is 4.79 Å². The molecule has 1 aliphatic heterocycles. The molecular weight excluding hydrogens is 498 g/mol. The van der Waals surface area contributed by atoms with Gasteiger partial charge in [-0.1, -0.05) is 19.1 Å². The molecule has 1 aromatic heterocycles. The summed E-state index contributed by atoms with van der Waals surface area (Å²) < 4.78 is 28.5. The van der Waals surface area contributed by atoms with E-state index in [2.05, 4.69) is 17.0 Å². The molecule has 0 saturated heterocycles. The minimum atomic E-state index is -0.394. The SMILES string of the molecule is CCCOC(=O)c1ccc(Oc2c(C)oc3c4c(ccc3c2=O)OCN(CCc2ccc(OC)cc2)C4)cc1. The van der Waals surface area contributed by atoms with Gasteiger partial charge in [-0.15, -0.1) is 0 Å². The highest BCUT2D eigenvalue weighted by molar-refractivity contribution is 5.89. The van der Waals surface area contributed by atoms with Gasteiger partial charge < -0.3 is 23.4 Å².